The van der Waals surface area contributed by atoms with Gasteiger partial charge in [0.25, 0.3) is 0 Å². The van der Waals surface area contributed by atoms with Gasteiger partial charge < -0.3 is 20.8 Å². The molecule has 0 bridgehead atoms. The summed E-state index contributed by atoms with van der Waals surface area (Å²) < 4.78 is 5.33. The quantitative estimate of drug-likeness (QED) is 0.743. The highest BCUT2D eigenvalue weighted by Gasteiger charge is 2.18. The minimum absolute atomic E-state index is 0. The van der Waals surface area contributed by atoms with Crippen molar-refractivity contribution in [2.75, 3.05) is 26.3 Å². The lowest BCUT2D eigenvalue weighted by Crippen LogP contribution is -2.33. The number of amides is 1. The van der Waals surface area contributed by atoms with Crippen molar-refractivity contribution in [3.8, 4) is 0 Å². The van der Waals surface area contributed by atoms with Gasteiger partial charge in [0.1, 0.15) is 0 Å². The van der Waals surface area contributed by atoms with Gasteiger partial charge in [-0.05, 0) is 31.0 Å². The third-order valence-electron chi connectivity index (χ3n) is 3.12. The maximum absolute atomic E-state index is 11.1. The topological polar surface area (TPSA) is 87.1 Å². The first-order chi connectivity index (χ1) is 7.75. The Kier molecular flexibility index (Phi) is 5.18. The maximum atomic E-state index is 11.1. The van der Waals surface area contributed by atoms with Crippen LogP contribution in [-0.2, 0) is 9.53 Å². The SMILES string of the molecule is NC(=O)C1=CC=CN(CC2CCOCC2)C1.O. The van der Waals surface area contributed by atoms with E-state index < -0.39 is 0 Å². The zero-order chi connectivity index (χ0) is 11.4. The van der Waals surface area contributed by atoms with Crippen LogP contribution in [-0.4, -0.2) is 42.6 Å². The minimum atomic E-state index is -0.318. The van der Waals surface area contributed by atoms with E-state index in [0.29, 0.717) is 18.0 Å². The smallest absolute Gasteiger partial charge is 0.246 e. The van der Waals surface area contributed by atoms with E-state index in [0.717, 1.165) is 32.6 Å². The first-order valence-corrected chi connectivity index (χ1v) is 5.74. The lowest BCUT2D eigenvalue weighted by atomic mass is 9.99. The van der Waals surface area contributed by atoms with Gasteiger partial charge in [-0.15, -0.1) is 0 Å². The highest BCUT2D eigenvalue weighted by molar-refractivity contribution is 5.92. The number of nitrogens with zero attached hydrogens (tertiary/aromatic N) is 1. The molecule has 0 aromatic heterocycles. The molecular weight excluding hydrogens is 220 g/mol. The van der Waals surface area contributed by atoms with Crippen LogP contribution in [0.1, 0.15) is 12.8 Å². The fourth-order valence-corrected chi connectivity index (χ4v) is 2.15. The fraction of sp³-hybridized carbons (Fsp3) is 0.583. The number of allylic oxidation sites excluding steroid dienone is 2. The van der Waals surface area contributed by atoms with E-state index in [4.69, 9.17) is 10.5 Å². The van der Waals surface area contributed by atoms with E-state index in [1.807, 2.05) is 12.3 Å². The largest absolute Gasteiger partial charge is 0.412 e. The molecule has 0 radical (unpaired) electrons. The molecule has 5 heteroatoms. The van der Waals surface area contributed by atoms with Crippen molar-refractivity contribution >= 4 is 5.91 Å². The molecule has 1 amide bonds. The second-order valence-electron chi connectivity index (χ2n) is 4.38. The second kappa shape index (κ2) is 6.42. The molecule has 5 nitrogen and oxygen atoms in total. The highest BCUT2D eigenvalue weighted by Crippen LogP contribution is 2.18. The normalized spacial score (nSPS) is 20.7. The molecule has 0 saturated carbocycles. The van der Waals surface area contributed by atoms with Gasteiger partial charge in [0.15, 0.2) is 0 Å². The minimum Gasteiger partial charge on any atom is -0.412 e. The molecule has 96 valence electrons. The van der Waals surface area contributed by atoms with Crippen molar-refractivity contribution in [3.63, 3.8) is 0 Å². The van der Waals surface area contributed by atoms with Crippen LogP contribution in [0.2, 0.25) is 0 Å². The van der Waals surface area contributed by atoms with Gasteiger partial charge in [0, 0.05) is 31.9 Å². The Morgan fingerprint density at radius 2 is 2.18 bits per heavy atom. The van der Waals surface area contributed by atoms with Crippen LogP contribution in [0.3, 0.4) is 0 Å². The lowest BCUT2D eigenvalue weighted by Gasteiger charge is -2.30. The van der Waals surface area contributed by atoms with E-state index in [2.05, 4.69) is 4.90 Å². The summed E-state index contributed by atoms with van der Waals surface area (Å²) in [7, 11) is 0. The molecule has 2 aliphatic heterocycles. The first-order valence-electron chi connectivity index (χ1n) is 5.74. The number of ether oxygens (including phenoxy) is 1. The van der Waals surface area contributed by atoms with Crippen molar-refractivity contribution in [2.24, 2.45) is 11.7 Å². The van der Waals surface area contributed by atoms with E-state index in [9.17, 15) is 4.79 Å². The molecule has 0 spiro atoms. The van der Waals surface area contributed by atoms with E-state index >= 15 is 0 Å². The van der Waals surface area contributed by atoms with Crippen molar-refractivity contribution < 1.29 is 15.0 Å². The van der Waals surface area contributed by atoms with Crippen LogP contribution >= 0.6 is 0 Å². The van der Waals surface area contributed by atoms with E-state index in [-0.39, 0.29) is 11.4 Å². The summed E-state index contributed by atoms with van der Waals surface area (Å²) in [5.41, 5.74) is 5.96. The Morgan fingerprint density at radius 3 is 2.82 bits per heavy atom. The summed E-state index contributed by atoms with van der Waals surface area (Å²) in [6, 6.07) is 0. The van der Waals surface area contributed by atoms with Gasteiger partial charge in [-0.3, -0.25) is 4.79 Å². The summed E-state index contributed by atoms with van der Waals surface area (Å²) >= 11 is 0. The predicted molar refractivity (Wildman–Crippen MR) is 65.1 cm³/mol. The van der Waals surface area contributed by atoms with Crippen LogP contribution in [0.25, 0.3) is 0 Å². The number of hydrogen-bond acceptors (Lipinski definition) is 3. The number of carbonyl (C=O) groups is 1. The Bertz CT molecular complexity index is 320. The average molecular weight is 240 g/mol. The first kappa shape index (κ1) is 13.7. The molecular formula is C12H20N2O3. The van der Waals surface area contributed by atoms with Gasteiger partial charge in [-0.2, -0.15) is 0 Å². The molecule has 17 heavy (non-hydrogen) atoms. The summed E-state index contributed by atoms with van der Waals surface area (Å²) in [5, 5.41) is 0. The summed E-state index contributed by atoms with van der Waals surface area (Å²) in [6.45, 7) is 3.36. The number of carbonyl (C=O) groups excluding carboxylic acids is 1. The molecule has 2 heterocycles. The molecule has 2 aliphatic rings. The standard InChI is InChI=1S/C12H18N2O2.H2O/c13-12(15)11-2-1-5-14(9-11)8-10-3-6-16-7-4-10;/h1-2,5,10H,3-4,6-9H2,(H2,13,15);1H2. The summed E-state index contributed by atoms with van der Waals surface area (Å²) in [4.78, 5) is 13.2. The van der Waals surface area contributed by atoms with Gasteiger partial charge in [-0.25, -0.2) is 0 Å². The molecule has 1 fully saturated rings. The van der Waals surface area contributed by atoms with Gasteiger partial charge in [-0.1, -0.05) is 6.08 Å². The van der Waals surface area contributed by atoms with Crippen LogP contribution in [0.4, 0.5) is 0 Å². The van der Waals surface area contributed by atoms with Crippen molar-refractivity contribution in [2.45, 2.75) is 12.8 Å². The Labute approximate surface area is 101 Å². The Morgan fingerprint density at radius 1 is 1.47 bits per heavy atom. The molecule has 1 saturated heterocycles. The fourth-order valence-electron chi connectivity index (χ4n) is 2.15. The Balaban J connectivity index is 0.00000144. The van der Waals surface area contributed by atoms with Gasteiger partial charge in [0.05, 0.1) is 0 Å². The van der Waals surface area contributed by atoms with Crippen LogP contribution < -0.4 is 5.73 Å². The number of nitrogens with two attached hydrogens (primary N) is 1. The zero-order valence-corrected chi connectivity index (χ0v) is 9.89. The summed E-state index contributed by atoms with van der Waals surface area (Å²) in [6.07, 6.45) is 7.94. The van der Waals surface area contributed by atoms with Crippen LogP contribution in [0.15, 0.2) is 23.9 Å². The van der Waals surface area contributed by atoms with E-state index in [1.54, 1.807) is 6.08 Å². The molecule has 0 aromatic carbocycles. The number of hydrogen-bond donors (Lipinski definition) is 1. The van der Waals surface area contributed by atoms with Gasteiger partial charge >= 0.3 is 0 Å². The molecule has 4 N–H and O–H groups in total. The highest BCUT2D eigenvalue weighted by atomic mass is 16.5. The maximum Gasteiger partial charge on any atom is 0.246 e. The molecule has 0 atom stereocenters. The van der Waals surface area contributed by atoms with Crippen molar-refractivity contribution in [3.05, 3.63) is 23.9 Å². The second-order valence-corrected chi connectivity index (χ2v) is 4.38. The molecule has 0 aromatic rings. The summed E-state index contributed by atoms with van der Waals surface area (Å²) in [5.74, 6) is 0.354. The monoisotopic (exact) mass is 240 g/mol. The van der Waals surface area contributed by atoms with E-state index in [1.165, 1.54) is 0 Å². The number of rotatable bonds is 3. The van der Waals surface area contributed by atoms with Gasteiger partial charge in [0.2, 0.25) is 5.91 Å². The Hall–Kier alpha value is -1.33. The van der Waals surface area contributed by atoms with Crippen molar-refractivity contribution in [1.82, 2.24) is 4.90 Å². The van der Waals surface area contributed by atoms with Crippen molar-refractivity contribution in [1.29, 1.82) is 0 Å². The van der Waals surface area contributed by atoms with Crippen LogP contribution in [0, 0.1) is 5.92 Å². The third kappa shape index (κ3) is 3.87. The lowest BCUT2D eigenvalue weighted by molar-refractivity contribution is -0.114. The van der Waals surface area contributed by atoms with Crippen LogP contribution in [0.5, 0.6) is 0 Å². The average Bonchev–Trinajstić information content (AvgIpc) is 2.30. The third-order valence-corrected chi connectivity index (χ3v) is 3.12. The zero-order valence-electron chi connectivity index (χ0n) is 9.89. The molecule has 2 rings (SSSR count). The molecule has 0 unspecified atom stereocenters. The number of primary amides is 1. The predicted octanol–water partition coefficient (Wildman–Crippen LogP) is -0.171. The molecule has 0 aliphatic carbocycles.